The maximum absolute atomic E-state index is 15.4. The Morgan fingerprint density at radius 1 is 1.07 bits per heavy atom. The van der Waals surface area contributed by atoms with Crippen molar-refractivity contribution < 1.29 is 13.9 Å². The third-order valence-corrected chi connectivity index (χ3v) is 9.14. The first-order chi connectivity index (χ1) is 22.2. The van der Waals surface area contributed by atoms with Crippen LogP contribution in [0.5, 0.6) is 5.75 Å². The van der Waals surface area contributed by atoms with Gasteiger partial charge >= 0.3 is 5.69 Å². The summed E-state index contributed by atoms with van der Waals surface area (Å²) in [7, 11) is 1.48. The average Bonchev–Trinajstić information content (AvgIpc) is 3.99. The van der Waals surface area contributed by atoms with E-state index in [1.807, 2.05) is 18.7 Å². The highest BCUT2D eigenvalue weighted by Gasteiger charge is 2.38. The fraction of sp³-hybridized carbons (Fsp3) is 0.382. The number of piperazine rings is 1. The van der Waals surface area contributed by atoms with E-state index in [1.54, 1.807) is 17.3 Å². The summed E-state index contributed by atoms with van der Waals surface area (Å²) in [5, 5.41) is 10.8. The number of benzene rings is 1. The lowest BCUT2D eigenvalue weighted by molar-refractivity contribution is -0.128. The minimum atomic E-state index is -0.585. The fourth-order valence-electron chi connectivity index (χ4n) is 6.45. The van der Waals surface area contributed by atoms with E-state index in [-0.39, 0.29) is 52.3 Å². The summed E-state index contributed by atoms with van der Waals surface area (Å²) in [6.07, 6.45) is 6.64. The van der Waals surface area contributed by atoms with E-state index >= 15 is 4.39 Å². The van der Waals surface area contributed by atoms with Gasteiger partial charge in [-0.3, -0.25) is 4.79 Å². The second kappa shape index (κ2) is 11.3. The van der Waals surface area contributed by atoms with Crippen LogP contribution in [0.1, 0.15) is 68.3 Å². The van der Waals surface area contributed by atoms with Gasteiger partial charge in [-0.2, -0.15) is 10.2 Å². The number of pyridine rings is 1. The molecule has 12 heteroatoms. The number of methoxy groups -OCH3 is 1. The van der Waals surface area contributed by atoms with Gasteiger partial charge in [0.25, 0.3) is 0 Å². The molecule has 3 aromatic heterocycles. The van der Waals surface area contributed by atoms with E-state index in [0.29, 0.717) is 35.7 Å². The Bertz CT molecular complexity index is 1980. The SMILES string of the molecule is C=CC(=O)N1C[C@H](C)N(c2nc(=O)n(-c3c(C4CC4)ncnc3C3CC3)c3nc(-c4cc(OC)ccc4F)c(C#N)cc23)C[C@H]1C. The molecule has 2 aliphatic carbocycles. The fourth-order valence-corrected chi connectivity index (χ4v) is 6.45. The number of anilines is 1. The topological polar surface area (TPSA) is 130 Å². The summed E-state index contributed by atoms with van der Waals surface area (Å²) in [5.41, 5.74) is 2.05. The zero-order valence-corrected chi connectivity index (χ0v) is 25.9. The highest BCUT2D eigenvalue weighted by atomic mass is 19.1. The van der Waals surface area contributed by atoms with Crippen molar-refractivity contribution in [3.05, 3.63) is 76.5 Å². The zero-order valence-electron chi connectivity index (χ0n) is 25.9. The summed E-state index contributed by atoms with van der Waals surface area (Å²) in [6.45, 7) is 8.28. The third-order valence-electron chi connectivity index (χ3n) is 9.14. The van der Waals surface area contributed by atoms with Gasteiger partial charge in [-0.15, -0.1) is 0 Å². The lowest BCUT2D eigenvalue weighted by atomic mass is 10.0. The second-order valence-electron chi connectivity index (χ2n) is 12.4. The molecule has 2 atom stereocenters. The predicted octanol–water partition coefficient (Wildman–Crippen LogP) is 4.62. The number of aromatic nitrogens is 5. The predicted molar refractivity (Wildman–Crippen MR) is 170 cm³/mol. The summed E-state index contributed by atoms with van der Waals surface area (Å²) in [4.78, 5) is 49.5. The molecule has 7 rings (SSSR count). The quantitative estimate of drug-likeness (QED) is 0.272. The van der Waals surface area contributed by atoms with Crippen molar-refractivity contribution in [1.29, 1.82) is 5.26 Å². The van der Waals surface area contributed by atoms with Gasteiger partial charge in [0.2, 0.25) is 5.91 Å². The molecule has 1 amide bonds. The molecule has 4 heterocycles. The van der Waals surface area contributed by atoms with Crippen LogP contribution in [0.25, 0.3) is 28.0 Å². The number of hydrogen-bond acceptors (Lipinski definition) is 9. The number of amides is 1. The van der Waals surface area contributed by atoms with Crippen molar-refractivity contribution in [2.24, 2.45) is 0 Å². The van der Waals surface area contributed by atoms with Gasteiger partial charge in [-0.05, 0) is 69.9 Å². The Kier molecular flexibility index (Phi) is 7.26. The first-order valence-electron chi connectivity index (χ1n) is 15.5. The Labute approximate surface area is 265 Å². The third kappa shape index (κ3) is 4.96. The lowest BCUT2D eigenvalue weighted by Crippen LogP contribution is -2.58. The Balaban J connectivity index is 1.53. The van der Waals surface area contributed by atoms with Gasteiger partial charge < -0.3 is 14.5 Å². The molecule has 0 radical (unpaired) electrons. The Morgan fingerprint density at radius 2 is 1.76 bits per heavy atom. The smallest absolute Gasteiger partial charge is 0.355 e. The minimum absolute atomic E-state index is 0.0721. The largest absolute Gasteiger partial charge is 0.497 e. The van der Waals surface area contributed by atoms with Crippen LogP contribution in [0.2, 0.25) is 0 Å². The highest BCUT2D eigenvalue weighted by molar-refractivity contribution is 5.93. The zero-order chi connectivity index (χ0) is 32.3. The van der Waals surface area contributed by atoms with Crippen molar-refractivity contribution in [2.75, 3.05) is 25.1 Å². The maximum Gasteiger partial charge on any atom is 0.355 e. The van der Waals surface area contributed by atoms with E-state index in [9.17, 15) is 14.9 Å². The molecule has 0 bridgehead atoms. The molecule has 0 unspecified atom stereocenters. The van der Waals surface area contributed by atoms with Crippen molar-refractivity contribution in [3.63, 3.8) is 0 Å². The summed E-state index contributed by atoms with van der Waals surface area (Å²) in [6, 6.07) is 7.64. The van der Waals surface area contributed by atoms with Crippen molar-refractivity contribution in [1.82, 2.24) is 29.4 Å². The maximum atomic E-state index is 15.4. The van der Waals surface area contributed by atoms with Crippen LogP contribution in [-0.2, 0) is 4.79 Å². The molecule has 2 saturated carbocycles. The van der Waals surface area contributed by atoms with E-state index in [2.05, 4.69) is 27.6 Å². The number of nitrogens with zero attached hydrogens (tertiary/aromatic N) is 8. The lowest BCUT2D eigenvalue weighted by Gasteiger charge is -2.44. The average molecular weight is 621 g/mol. The van der Waals surface area contributed by atoms with Gasteiger partial charge in [0.1, 0.15) is 29.8 Å². The van der Waals surface area contributed by atoms with Gasteiger partial charge in [0.15, 0.2) is 5.65 Å². The number of nitriles is 1. The molecule has 1 aliphatic heterocycles. The van der Waals surface area contributed by atoms with Gasteiger partial charge in [-0.1, -0.05) is 6.58 Å². The molecule has 0 N–H and O–H groups in total. The second-order valence-corrected chi connectivity index (χ2v) is 12.4. The standard InChI is InChI=1S/C34H33FN8O3/c1-5-27(44)41-15-19(3)42(16-18(41)2)32-25-12-22(14-36)28(24-13-23(46-4)10-11-26(24)35)39-33(25)43(34(45)40-32)31-29(20-6-7-20)37-17-38-30(31)21-8-9-21/h5,10-13,17-21H,1,6-9,15-16H2,2-4H3/t18-,19+/m1/s1. The number of carbonyl (C=O) groups excluding carboxylic acids is 1. The summed E-state index contributed by atoms with van der Waals surface area (Å²) < 4.78 is 22.2. The van der Waals surface area contributed by atoms with E-state index in [0.717, 1.165) is 37.1 Å². The first-order valence-corrected chi connectivity index (χ1v) is 15.5. The number of fused-ring (bicyclic) bond motifs is 1. The number of carbonyl (C=O) groups is 1. The molecular formula is C34H33FN8O3. The van der Waals surface area contributed by atoms with Gasteiger partial charge in [-0.25, -0.2) is 28.7 Å². The van der Waals surface area contributed by atoms with Crippen LogP contribution < -0.4 is 15.3 Å². The van der Waals surface area contributed by atoms with Crippen molar-refractivity contribution in [2.45, 2.75) is 63.5 Å². The van der Waals surface area contributed by atoms with E-state index in [4.69, 9.17) is 9.72 Å². The van der Waals surface area contributed by atoms with Gasteiger partial charge in [0.05, 0.1) is 40.8 Å². The number of ether oxygens (including phenoxy) is 1. The monoisotopic (exact) mass is 620 g/mol. The van der Waals surface area contributed by atoms with Gasteiger partial charge in [0, 0.05) is 42.6 Å². The molecule has 1 aromatic carbocycles. The van der Waals surface area contributed by atoms with Crippen LogP contribution in [0.15, 0.2) is 48.0 Å². The van der Waals surface area contributed by atoms with Crippen LogP contribution >= 0.6 is 0 Å². The summed E-state index contributed by atoms with van der Waals surface area (Å²) in [5.74, 6) is 0.353. The highest BCUT2D eigenvalue weighted by Crippen LogP contribution is 2.47. The molecule has 3 aliphatic rings. The molecular weight excluding hydrogens is 587 g/mol. The molecule has 4 aromatic rings. The van der Waals surface area contributed by atoms with Crippen LogP contribution in [0.3, 0.4) is 0 Å². The normalized spacial score (nSPS) is 19.6. The van der Waals surface area contributed by atoms with Crippen LogP contribution in [0, 0.1) is 17.1 Å². The first kappa shape index (κ1) is 29.5. The van der Waals surface area contributed by atoms with E-state index in [1.165, 1.54) is 36.0 Å². The molecule has 234 valence electrons. The minimum Gasteiger partial charge on any atom is -0.497 e. The van der Waals surface area contributed by atoms with Crippen LogP contribution in [-0.4, -0.2) is 67.6 Å². The number of rotatable bonds is 7. The van der Waals surface area contributed by atoms with Crippen molar-refractivity contribution >= 4 is 22.8 Å². The molecule has 3 fully saturated rings. The molecule has 0 spiro atoms. The van der Waals surface area contributed by atoms with Crippen molar-refractivity contribution in [3.8, 4) is 28.8 Å². The number of hydrogen-bond donors (Lipinski definition) is 0. The summed E-state index contributed by atoms with van der Waals surface area (Å²) >= 11 is 0. The molecule has 11 nitrogen and oxygen atoms in total. The Hall–Kier alpha value is -5.18. The Morgan fingerprint density at radius 3 is 2.37 bits per heavy atom. The number of halogens is 1. The molecule has 1 saturated heterocycles. The molecule has 46 heavy (non-hydrogen) atoms. The van der Waals surface area contributed by atoms with Crippen LogP contribution in [0.4, 0.5) is 10.2 Å². The van der Waals surface area contributed by atoms with E-state index < -0.39 is 11.5 Å².